The molecule has 1 aromatic heterocycles. The predicted molar refractivity (Wildman–Crippen MR) is 121 cm³/mol. The normalized spacial score (nSPS) is 21.6. The molecule has 2 aliphatic rings. The second-order valence-electron chi connectivity index (χ2n) is 8.68. The summed E-state index contributed by atoms with van der Waals surface area (Å²) < 4.78 is 27.9. The summed E-state index contributed by atoms with van der Waals surface area (Å²) in [5.41, 5.74) is 7.10. The highest BCUT2D eigenvalue weighted by Crippen LogP contribution is 2.39. The van der Waals surface area contributed by atoms with Crippen molar-refractivity contribution in [3.63, 3.8) is 0 Å². The first-order chi connectivity index (χ1) is 14.7. The number of nitrogens with zero attached hydrogens (tertiary/aromatic N) is 1. The fraction of sp³-hybridized carbons (Fsp3) is 0.455. The van der Waals surface area contributed by atoms with E-state index in [2.05, 4.69) is 19.2 Å². The van der Waals surface area contributed by atoms with Crippen molar-refractivity contribution >= 4 is 38.2 Å². The number of hydrogen-bond acceptors (Lipinski definition) is 5. The highest BCUT2D eigenvalue weighted by Gasteiger charge is 2.32. The summed E-state index contributed by atoms with van der Waals surface area (Å²) >= 11 is 1.37. The van der Waals surface area contributed by atoms with Gasteiger partial charge in [0, 0.05) is 23.5 Å². The highest BCUT2D eigenvalue weighted by atomic mass is 32.2. The Morgan fingerprint density at radius 3 is 2.55 bits per heavy atom. The molecule has 0 radical (unpaired) electrons. The van der Waals surface area contributed by atoms with Gasteiger partial charge in [-0.3, -0.25) is 9.59 Å². The molecule has 1 fully saturated rings. The van der Waals surface area contributed by atoms with Crippen LogP contribution >= 0.6 is 11.3 Å². The Labute approximate surface area is 186 Å². The van der Waals surface area contributed by atoms with E-state index < -0.39 is 21.8 Å². The monoisotopic (exact) mass is 461 g/mol. The van der Waals surface area contributed by atoms with E-state index in [-0.39, 0.29) is 22.3 Å². The van der Waals surface area contributed by atoms with Gasteiger partial charge in [0.25, 0.3) is 11.8 Å². The van der Waals surface area contributed by atoms with Gasteiger partial charge in [0.1, 0.15) is 5.00 Å². The van der Waals surface area contributed by atoms with E-state index in [0.717, 1.165) is 36.1 Å². The third-order valence-corrected chi connectivity index (χ3v) is 9.00. The Balaban J connectivity index is 1.59. The molecule has 0 bridgehead atoms. The molecule has 1 aliphatic heterocycles. The molecule has 0 unspecified atom stereocenters. The number of thiophene rings is 1. The summed E-state index contributed by atoms with van der Waals surface area (Å²) in [5.74, 6) is -0.435. The molecule has 9 heteroatoms. The Bertz CT molecular complexity index is 1130. The number of carbonyl (C=O) groups is 2. The molecule has 4 rings (SSSR count). The number of nitrogens with one attached hydrogen (secondary N) is 1. The zero-order valence-corrected chi connectivity index (χ0v) is 19.3. The first-order valence-corrected chi connectivity index (χ1v) is 12.8. The average molecular weight is 462 g/mol. The van der Waals surface area contributed by atoms with Crippen LogP contribution in [-0.4, -0.2) is 37.6 Å². The Morgan fingerprint density at radius 1 is 1.16 bits per heavy atom. The van der Waals surface area contributed by atoms with Gasteiger partial charge < -0.3 is 11.1 Å². The van der Waals surface area contributed by atoms with Crippen molar-refractivity contribution in [1.82, 2.24) is 4.31 Å². The number of fused-ring (bicyclic) bond motifs is 1. The van der Waals surface area contributed by atoms with E-state index in [1.165, 1.54) is 27.8 Å². The number of piperidine rings is 1. The molecule has 2 atom stereocenters. The van der Waals surface area contributed by atoms with E-state index in [0.29, 0.717) is 23.7 Å². The van der Waals surface area contributed by atoms with Gasteiger partial charge in [-0.25, -0.2) is 8.42 Å². The second-order valence-corrected chi connectivity index (χ2v) is 11.7. The van der Waals surface area contributed by atoms with Crippen LogP contribution in [0.15, 0.2) is 29.2 Å². The fourth-order valence-corrected chi connectivity index (χ4v) is 7.69. The lowest BCUT2D eigenvalue weighted by Gasteiger charge is -2.34. The van der Waals surface area contributed by atoms with Gasteiger partial charge in [-0.05, 0) is 61.3 Å². The topological polar surface area (TPSA) is 110 Å². The van der Waals surface area contributed by atoms with Gasteiger partial charge in [-0.1, -0.05) is 19.9 Å². The first kappa shape index (κ1) is 22.0. The Kier molecular flexibility index (Phi) is 5.93. The van der Waals surface area contributed by atoms with Crippen LogP contribution in [0.5, 0.6) is 0 Å². The third-order valence-electron chi connectivity index (χ3n) is 5.96. The smallest absolute Gasteiger partial charge is 0.256 e. The molecule has 7 nitrogen and oxygen atoms in total. The van der Waals surface area contributed by atoms with Crippen LogP contribution in [0.2, 0.25) is 0 Å². The lowest BCUT2D eigenvalue weighted by atomic mass is 9.94. The zero-order valence-electron chi connectivity index (χ0n) is 17.7. The van der Waals surface area contributed by atoms with Gasteiger partial charge in [0.05, 0.1) is 10.5 Å². The molecule has 1 saturated heterocycles. The second kappa shape index (κ2) is 8.37. The molecular weight excluding hydrogens is 434 g/mol. The number of sulfonamides is 1. The maximum Gasteiger partial charge on any atom is 0.256 e. The molecule has 2 amide bonds. The minimum absolute atomic E-state index is 0.102. The summed E-state index contributed by atoms with van der Waals surface area (Å²) in [6, 6.07) is 6.06. The largest absolute Gasteiger partial charge is 0.365 e. The standard InChI is InChI=1S/C22H27N3O4S2/c1-13-9-14(2)12-25(11-13)31(28,29)16-6-3-5-15(10-16)21(27)24-22-19(20(23)26)17-7-4-8-18(17)30-22/h3,5-6,10,13-14H,4,7-9,11-12H2,1-2H3,(H2,23,26)(H,24,27)/t13-,14-/m0/s1. The van der Waals surface area contributed by atoms with E-state index in [9.17, 15) is 18.0 Å². The predicted octanol–water partition coefficient (Wildman–Crippen LogP) is 3.25. The van der Waals surface area contributed by atoms with Crippen molar-refractivity contribution in [3.8, 4) is 0 Å². The van der Waals surface area contributed by atoms with Crippen molar-refractivity contribution in [2.45, 2.75) is 44.4 Å². The van der Waals surface area contributed by atoms with Crippen LogP contribution in [-0.2, 0) is 22.9 Å². The van der Waals surface area contributed by atoms with Crippen LogP contribution in [0.4, 0.5) is 5.00 Å². The summed E-state index contributed by atoms with van der Waals surface area (Å²) in [5, 5.41) is 3.22. The maximum atomic E-state index is 13.2. The van der Waals surface area contributed by atoms with Gasteiger partial charge in [0.2, 0.25) is 10.0 Å². The van der Waals surface area contributed by atoms with Crippen LogP contribution in [0, 0.1) is 11.8 Å². The minimum atomic E-state index is -3.69. The van der Waals surface area contributed by atoms with Crippen molar-refractivity contribution in [2.24, 2.45) is 17.6 Å². The Hall–Kier alpha value is -2.23. The number of rotatable bonds is 5. The maximum absolute atomic E-state index is 13.2. The average Bonchev–Trinajstić information content (AvgIpc) is 3.27. The number of aryl methyl sites for hydroxylation is 1. The van der Waals surface area contributed by atoms with Gasteiger partial charge >= 0.3 is 0 Å². The van der Waals surface area contributed by atoms with Gasteiger partial charge in [-0.15, -0.1) is 11.3 Å². The molecule has 1 aliphatic carbocycles. The molecular formula is C22H27N3O4S2. The van der Waals surface area contributed by atoms with Crippen molar-refractivity contribution in [3.05, 3.63) is 45.8 Å². The van der Waals surface area contributed by atoms with Gasteiger partial charge in [0.15, 0.2) is 0 Å². The number of carbonyl (C=O) groups excluding carboxylic acids is 2. The highest BCUT2D eigenvalue weighted by molar-refractivity contribution is 7.89. The number of hydrogen-bond donors (Lipinski definition) is 2. The fourth-order valence-electron chi connectivity index (χ4n) is 4.68. The summed E-state index contributed by atoms with van der Waals surface area (Å²) in [7, 11) is -3.69. The molecule has 3 N–H and O–H groups in total. The molecule has 2 aromatic rings. The van der Waals surface area contributed by atoms with Gasteiger partial charge in [-0.2, -0.15) is 4.31 Å². The van der Waals surface area contributed by atoms with E-state index in [4.69, 9.17) is 5.73 Å². The summed E-state index contributed by atoms with van der Waals surface area (Å²) in [4.78, 5) is 26.1. The molecule has 31 heavy (non-hydrogen) atoms. The van der Waals surface area contributed by atoms with E-state index >= 15 is 0 Å². The molecule has 166 valence electrons. The SMILES string of the molecule is C[C@H]1C[C@H](C)CN(S(=O)(=O)c2cccc(C(=O)Nc3sc4c(c3C(N)=O)CCC4)c2)C1. The van der Waals surface area contributed by atoms with Crippen LogP contribution in [0.1, 0.15) is 57.8 Å². The van der Waals surface area contributed by atoms with E-state index in [1.54, 1.807) is 12.1 Å². The summed E-state index contributed by atoms with van der Waals surface area (Å²) in [6.45, 7) is 5.06. The zero-order chi connectivity index (χ0) is 22.3. The van der Waals surface area contributed by atoms with E-state index in [1.807, 2.05) is 0 Å². The molecule has 1 aromatic carbocycles. The number of primary amides is 1. The van der Waals surface area contributed by atoms with Crippen molar-refractivity contribution in [2.75, 3.05) is 18.4 Å². The minimum Gasteiger partial charge on any atom is -0.365 e. The molecule has 0 saturated carbocycles. The quantitative estimate of drug-likeness (QED) is 0.712. The van der Waals surface area contributed by atoms with Crippen molar-refractivity contribution in [1.29, 1.82) is 0 Å². The summed E-state index contributed by atoms with van der Waals surface area (Å²) in [6.07, 6.45) is 3.63. The van der Waals surface area contributed by atoms with Crippen LogP contribution < -0.4 is 11.1 Å². The molecule has 0 spiro atoms. The van der Waals surface area contributed by atoms with Crippen molar-refractivity contribution < 1.29 is 18.0 Å². The number of amides is 2. The lowest BCUT2D eigenvalue weighted by Crippen LogP contribution is -2.42. The number of benzene rings is 1. The number of anilines is 1. The molecule has 2 heterocycles. The lowest BCUT2D eigenvalue weighted by molar-refractivity contribution is 0.100. The number of nitrogens with two attached hydrogens (primary N) is 1. The van der Waals surface area contributed by atoms with Crippen LogP contribution in [0.25, 0.3) is 0 Å². The first-order valence-electron chi connectivity index (χ1n) is 10.5. The Morgan fingerprint density at radius 2 is 1.87 bits per heavy atom. The van der Waals surface area contributed by atoms with Crippen LogP contribution in [0.3, 0.4) is 0 Å². The third kappa shape index (κ3) is 4.26.